The molecule has 484 valence electrons. The van der Waals surface area contributed by atoms with Crippen LogP contribution < -0.4 is 0 Å². The van der Waals surface area contributed by atoms with Gasteiger partial charge in [0, 0.05) is 19.3 Å². The minimum Gasteiger partial charge on any atom is -0.462 e. The molecule has 6 nitrogen and oxygen atoms in total. The van der Waals surface area contributed by atoms with Crippen molar-refractivity contribution in [1.82, 2.24) is 0 Å². The second-order valence-corrected chi connectivity index (χ2v) is 24.9. The lowest BCUT2D eigenvalue weighted by Crippen LogP contribution is -2.30. The minimum atomic E-state index is -0.781. The molecule has 0 aliphatic rings. The molecule has 1 unspecified atom stereocenters. The van der Waals surface area contributed by atoms with Crippen molar-refractivity contribution < 1.29 is 28.6 Å². The Morgan fingerprint density at radius 3 is 0.723 bits per heavy atom. The van der Waals surface area contributed by atoms with Gasteiger partial charge >= 0.3 is 17.9 Å². The smallest absolute Gasteiger partial charge is 0.306 e. The Bertz CT molecular complexity index is 1470. The van der Waals surface area contributed by atoms with Crippen molar-refractivity contribution in [3.63, 3.8) is 0 Å². The van der Waals surface area contributed by atoms with Crippen LogP contribution in [0.2, 0.25) is 0 Å². The monoisotopic (exact) mass is 1160 g/mol. The summed E-state index contributed by atoms with van der Waals surface area (Å²) in [5, 5.41) is 0. The zero-order valence-electron chi connectivity index (χ0n) is 55.7. The van der Waals surface area contributed by atoms with E-state index in [1.165, 1.54) is 257 Å². The van der Waals surface area contributed by atoms with Gasteiger partial charge < -0.3 is 14.2 Å². The van der Waals surface area contributed by atoms with Crippen LogP contribution in [0.15, 0.2) is 60.8 Å². The number of hydrogen-bond donors (Lipinski definition) is 0. The maximum Gasteiger partial charge on any atom is 0.306 e. The fourth-order valence-electron chi connectivity index (χ4n) is 11.0. The molecule has 0 aliphatic heterocycles. The molecule has 0 saturated carbocycles. The summed E-state index contributed by atoms with van der Waals surface area (Å²) in [4.78, 5) is 38.5. The maximum atomic E-state index is 13.0. The van der Waals surface area contributed by atoms with Gasteiger partial charge in [0.05, 0.1) is 0 Å². The third-order valence-electron chi connectivity index (χ3n) is 16.5. The second kappa shape index (κ2) is 71.6. The van der Waals surface area contributed by atoms with Crippen molar-refractivity contribution in [2.45, 2.75) is 399 Å². The molecule has 0 heterocycles. The quantitative estimate of drug-likeness (QED) is 0.0261. The summed E-state index contributed by atoms with van der Waals surface area (Å²) in [6.45, 7) is 6.62. The highest BCUT2D eigenvalue weighted by Crippen LogP contribution is 2.19. The Balaban J connectivity index is 4.23. The van der Waals surface area contributed by atoms with Gasteiger partial charge in [-0.15, -0.1) is 0 Å². The van der Waals surface area contributed by atoms with Crippen LogP contribution in [0.4, 0.5) is 0 Å². The lowest BCUT2D eigenvalue weighted by atomic mass is 10.0. The van der Waals surface area contributed by atoms with E-state index in [1.807, 2.05) is 0 Å². The van der Waals surface area contributed by atoms with Crippen LogP contribution in [-0.4, -0.2) is 37.2 Å². The molecule has 0 aromatic rings. The van der Waals surface area contributed by atoms with Gasteiger partial charge in [0.2, 0.25) is 0 Å². The molecule has 0 rings (SSSR count). The fourth-order valence-corrected chi connectivity index (χ4v) is 11.0. The molecule has 0 spiro atoms. The molecule has 6 heteroatoms. The van der Waals surface area contributed by atoms with Crippen LogP contribution in [0.1, 0.15) is 393 Å². The zero-order valence-corrected chi connectivity index (χ0v) is 55.7. The molecule has 0 saturated heterocycles. The Morgan fingerprint density at radius 2 is 0.458 bits per heavy atom. The number of rotatable bonds is 68. The average molecular weight is 1160 g/mol. The second-order valence-electron chi connectivity index (χ2n) is 24.9. The summed E-state index contributed by atoms with van der Waals surface area (Å²) in [6.07, 6.45) is 92.6. The Morgan fingerprint density at radius 1 is 0.241 bits per heavy atom. The predicted molar refractivity (Wildman–Crippen MR) is 362 cm³/mol. The van der Waals surface area contributed by atoms with Crippen molar-refractivity contribution in [2.75, 3.05) is 13.2 Å². The number of ether oxygens (including phenoxy) is 3. The van der Waals surface area contributed by atoms with Gasteiger partial charge in [-0.05, 0) is 83.5 Å². The lowest BCUT2D eigenvalue weighted by Gasteiger charge is -2.18. The standard InChI is InChI=1S/C77H140O6/c1-4-7-10-13-16-19-22-25-27-29-31-33-35-37-38-40-41-43-45-47-49-52-55-58-61-64-67-70-76(79)82-73-74(72-81-75(78)69-66-63-60-57-54-51-24-21-18-15-12-9-6-3)83-77(80)71-68-65-62-59-56-53-50-48-46-44-42-39-36-34-32-30-28-26-23-20-17-14-11-8-5-2/h12,15,21-22,24-25,29,31,35,37,74H,4-11,13-14,16-20,23,26-28,30,32-34,36,38-73H2,1-3H3/b15-12-,24-21-,25-22-,31-29-,37-35-. The molecule has 0 radical (unpaired) electrons. The molecule has 0 N–H and O–H groups in total. The minimum absolute atomic E-state index is 0.0759. The molecule has 0 aromatic carbocycles. The SMILES string of the molecule is CCC/C=C\C/C=C\CCCCCCCC(=O)OCC(COC(=O)CCCCCCCCCCCCCC/C=C\C/C=C\C/C=C\CCCCCCC)OC(=O)CCCCCCCCCCCCCCCCCCCCCCCCCCC. The van der Waals surface area contributed by atoms with E-state index in [0.717, 1.165) is 96.3 Å². The summed E-state index contributed by atoms with van der Waals surface area (Å²) < 4.78 is 17.0. The largest absolute Gasteiger partial charge is 0.462 e. The molecule has 1 atom stereocenters. The number of esters is 3. The van der Waals surface area contributed by atoms with Gasteiger partial charge in [0.25, 0.3) is 0 Å². The van der Waals surface area contributed by atoms with Crippen LogP contribution in [0.3, 0.4) is 0 Å². The van der Waals surface area contributed by atoms with Gasteiger partial charge in [-0.1, -0.05) is 351 Å². The summed E-state index contributed by atoms with van der Waals surface area (Å²) in [6, 6.07) is 0. The molecule has 0 bridgehead atoms. The summed E-state index contributed by atoms with van der Waals surface area (Å²) >= 11 is 0. The van der Waals surface area contributed by atoms with Crippen LogP contribution >= 0.6 is 0 Å². The first kappa shape index (κ1) is 80.1. The van der Waals surface area contributed by atoms with Crippen LogP contribution in [-0.2, 0) is 28.6 Å². The van der Waals surface area contributed by atoms with E-state index < -0.39 is 6.10 Å². The first-order valence-electron chi connectivity index (χ1n) is 36.8. The van der Waals surface area contributed by atoms with Crippen molar-refractivity contribution in [1.29, 1.82) is 0 Å². The number of allylic oxidation sites excluding steroid dienone is 10. The highest BCUT2D eigenvalue weighted by atomic mass is 16.6. The molecule has 83 heavy (non-hydrogen) atoms. The van der Waals surface area contributed by atoms with Gasteiger partial charge in [0.15, 0.2) is 6.10 Å². The van der Waals surface area contributed by atoms with E-state index in [4.69, 9.17) is 14.2 Å². The Labute approximate surface area is 517 Å². The molecular formula is C77H140O6. The molecular weight excluding hydrogens is 1020 g/mol. The average Bonchev–Trinajstić information content (AvgIpc) is 3.49. The van der Waals surface area contributed by atoms with Gasteiger partial charge in [-0.2, -0.15) is 0 Å². The normalized spacial score (nSPS) is 12.4. The van der Waals surface area contributed by atoms with Gasteiger partial charge in [-0.3, -0.25) is 14.4 Å². The molecule has 0 amide bonds. The number of carbonyl (C=O) groups excluding carboxylic acids is 3. The summed E-state index contributed by atoms with van der Waals surface area (Å²) in [7, 11) is 0. The lowest BCUT2D eigenvalue weighted by molar-refractivity contribution is -0.167. The number of hydrogen-bond acceptors (Lipinski definition) is 6. The fraction of sp³-hybridized carbons (Fsp3) is 0.831. The predicted octanol–water partition coefficient (Wildman–Crippen LogP) is 25.5. The van der Waals surface area contributed by atoms with Crippen molar-refractivity contribution in [3.05, 3.63) is 60.8 Å². The third kappa shape index (κ3) is 69.8. The van der Waals surface area contributed by atoms with Crippen molar-refractivity contribution in [2.24, 2.45) is 0 Å². The van der Waals surface area contributed by atoms with Gasteiger partial charge in [0.1, 0.15) is 13.2 Å². The van der Waals surface area contributed by atoms with E-state index in [-0.39, 0.29) is 31.1 Å². The van der Waals surface area contributed by atoms with Crippen LogP contribution in [0, 0.1) is 0 Å². The van der Waals surface area contributed by atoms with E-state index in [9.17, 15) is 14.4 Å². The Kier molecular flexibility index (Phi) is 69.1. The number of carbonyl (C=O) groups is 3. The first-order chi connectivity index (χ1) is 41.0. The van der Waals surface area contributed by atoms with E-state index in [0.29, 0.717) is 19.3 Å². The van der Waals surface area contributed by atoms with Crippen LogP contribution in [0.5, 0.6) is 0 Å². The van der Waals surface area contributed by atoms with Gasteiger partial charge in [-0.25, -0.2) is 0 Å². The first-order valence-corrected chi connectivity index (χ1v) is 36.8. The highest BCUT2D eigenvalue weighted by Gasteiger charge is 2.19. The van der Waals surface area contributed by atoms with E-state index in [2.05, 4.69) is 81.5 Å². The van der Waals surface area contributed by atoms with Crippen molar-refractivity contribution in [3.8, 4) is 0 Å². The van der Waals surface area contributed by atoms with E-state index >= 15 is 0 Å². The zero-order chi connectivity index (χ0) is 59.9. The highest BCUT2D eigenvalue weighted by molar-refractivity contribution is 5.71. The summed E-state index contributed by atoms with van der Waals surface area (Å²) in [5.41, 5.74) is 0. The third-order valence-corrected chi connectivity index (χ3v) is 16.5. The molecule has 0 aromatic heterocycles. The summed E-state index contributed by atoms with van der Waals surface area (Å²) in [5.74, 6) is -0.867. The van der Waals surface area contributed by atoms with Crippen LogP contribution in [0.25, 0.3) is 0 Å². The van der Waals surface area contributed by atoms with Crippen molar-refractivity contribution >= 4 is 17.9 Å². The Hall–Kier alpha value is -2.89. The maximum absolute atomic E-state index is 13.0. The molecule has 0 fully saturated rings. The topological polar surface area (TPSA) is 78.9 Å². The number of unbranched alkanes of at least 4 members (excludes halogenated alkanes) is 47. The van der Waals surface area contributed by atoms with E-state index in [1.54, 1.807) is 0 Å². The molecule has 0 aliphatic carbocycles.